The summed E-state index contributed by atoms with van der Waals surface area (Å²) in [5.41, 5.74) is 1.70. The Morgan fingerprint density at radius 3 is 2.52 bits per heavy atom. The first-order valence-corrected chi connectivity index (χ1v) is 7.00. The average Bonchev–Trinajstić information content (AvgIpc) is 2.44. The van der Waals surface area contributed by atoms with E-state index >= 15 is 0 Å². The molecule has 2 rings (SSSR count). The molecule has 21 heavy (non-hydrogen) atoms. The third-order valence-electron chi connectivity index (χ3n) is 3.39. The summed E-state index contributed by atoms with van der Waals surface area (Å²) in [6.07, 6.45) is 1.49. The van der Waals surface area contributed by atoms with Crippen LogP contribution in [0.25, 0.3) is 10.8 Å². The average molecular weight is 288 g/mol. The molecule has 2 aromatic rings. The molecule has 0 bridgehead atoms. The van der Waals surface area contributed by atoms with Gasteiger partial charge in [-0.2, -0.15) is 0 Å². The van der Waals surface area contributed by atoms with E-state index in [1.54, 1.807) is 0 Å². The Morgan fingerprint density at radius 1 is 1.24 bits per heavy atom. The fraction of sp³-hybridized carbons (Fsp3) is 0.353. The number of phenolic OH excluding ortho intramolecular Hbond substituents is 1. The van der Waals surface area contributed by atoms with Crippen LogP contribution < -0.4 is 9.47 Å². The van der Waals surface area contributed by atoms with Crippen LogP contribution in [-0.4, -0.2) is 18.2 Å². The van der Waals surface area contributed by atoms with Gasteiger partial charge >= 0.3 is 5.97 Å². The quantitative estimate of drug-likeness (QED) is 0.688. The van der Waals surface area contributed by atoms with Gasteiger partial charge < -0.3 is 14.6 Å². The molecule has 0 unspecified atom stereocenters. The third kappa shape index (κ3) is 2.79. The zero-order valence-corrected chi connectivity index (χ0v) is 12.8. The fourth-order valence-corrected chi connectivity index (χ4v) is 2.52. The lowest BCUT2D eigenvalue weighted by molar-refractivity contribution is -0.131. The number of phenols is 1. The van der Waals surface area contributed by atoms with Crippen LogP contribution in [0.4, 0.5) is 0 Å². The van der Waals surface area contributed by atoms with Crippen molar-refractivity contribution < 1.29 is 19.4 Å². The number of aromatic hydroxyl groups is 1. The molecule has 0 amide bonds. The first-order valence-electron chi connectivity index (χ1n) is 7.00. The van der Waals surface area contributed by atoms with Gasteiger partial charge in [0.05, 0.1) is 7.11 Å². The molecule has 0 atom stereocenters. The second-order valence-corrected chi connectivity index (χ2v) is 5.08. The van der Waals surface area contributed by atoms with Crippen LogP contribution in [0.5, 0.6) is 17.2 Å². The summed E-state index contributed by atoms with van der Waals surface area (Å²) in [4.78, 5) is 11.4. The molecule has 1 N–H and O–H groups in total. The van der Waals surface area contributed by atoms with E-state index in [0.717, 1.165) is 12.0 Å². The van der Waals surface area contributed by atoms with Gasteiger partial charge in [-0.05, 0) is 19.4 Å². The van der Waals surface area contributed by atoms with Crippen molar-refractivity contribution in [1.29, 1.82) is 0 Å². The predicted octanol–water partition coefficient (Wildman–Crippen LogP) is 3.74. The molecule has 0 radical (unpaired) electrons. The number of fused-ring (bicyclic) bond motifs is 1. The van der Waals surface area contributed by atoms with Crippen LogP contribution in [0.2, 0.25) is 0 Å². The first-order chi connectivity index (χ1) is 9.99. The minimum absolute atomic E-state index is 0.198. The number of esters is 1. The zero-order valence-electron chi connectivity index (χ0n) is 12.8. The number of hydrogen-bond acceptors (Lipinski definition) is 4. The van der Waals surface area contributed by atoms with Crippen molar-refractivity contribution in [3.8, 4) is 17.2 Å². The highest BCUT2D eigenvalue weighted by Gasteiger charge is 2.21. The maximum Gasteiger partial charge on any atom is 0.308 e. The SMILES string of the molecule is CCCc1c(OC)c(OC(C)=O)c2ccc(C)cc2c1O. The van der Waals surface area contributed by atoms with Gasteiger partial charge in [-0.1, -0.05) is 31.0 Å². The number of hydrogen-bond donors (Lipinski definition) is 1. The van der Waals surface area contributed by atoms with Gasteiger partial charge in [0, 0.05) is 23.3 Å². The van der Waals surface area contributed by atoms with Crippen molar-refractivity contribution in [2.45, 2.75) is 33.6 Å². The number of ether oxygens (including phenoxy) is 2. The Labute approximate surface area is 124 Å². The molecule has 0 fully saturated rings. The Bertz CT molecular complexity index is 689. The lowest BCUT2D eigenvalue weighted by Gasteiger charge is -2.18. The number of rotatable bonds is 4. The van der Waals surface area contributed by atoms with Crippen LogP contribution in [0.1, 0.15) is 31.4 Å². The molecule has 0 aliphatic rings. The van der Waals surface area contributed by atoms with Crippen LogP contribution in [0.3, 0.4) is 0 Å². The van der Waals surface area contributed by atoms with Crippen LogP contribution in [-0.2, 0) is 11.2 Å². The minimum Gasteiger partial charge on any atom is -0.507 e. The second kappa shape index (κ2) is 6.04. The van der Waals surface area contributed by atoms with E-state index in [2.05, 4.69) is 0 Å². The molecule has 0 saturated carbocycles. The van der Waals surface area contributed by atoms with Crippen LogP contribution >= 0.6 is 0 Å². The summed E-state index contributed by atoms with van der Waals surface area (Å²) in [7, 11) is 1.51. The van der Waals surface area contributed by atoms with E-state index in [9.17, 15) is 9.90 Å². The zero-order chi connectivity index (χ0) is 15.6. The summed E-state index contributed by atoms with van der Waals surface area (Å²) in [6.45, 7) is 5.32. The number of methoxy groups -OCH3 is 1. The second-order valence-electron chi connectivity index (χ2n) is 5.08. The Kier molecular flexibility index (Phi) is 4.36. The largest absolute Gasteiger partial charge is 0.507 e. The highest BCUT2D eigenvalue weighted by molar-refractivity contribution is 5.98. The topological polar surface area (TPSA) is 55.8 Å². The van der Waals surface area contributed by atoms with Gasteiger partial charge in [-0.15, -0.1) is 0 Å². The van der Waals surface area contributed by atoms with Gasteiger partial charge in [0.25, 0.3) is 0 Å². The summed E-state index contributed by atoms with van der Waals surface area (Å²) < 4.78 is 10.8. The molecule has 0 spiro atoms. The van der Waals surface area contributed by atoms with E-state index in [1.807, 2.05) is 32.0 Å². The van der Waals surface area contributed by atoms with E-state index < -0.39 is 5.97 Å². The number of benzene rings is 2. The van der Waals surface area contributed by atoms with E-state index in [-0.39, 0.29) is 5.75 Å². The third-order valence-corrected chi connectivity index (χ3v) is 3.39. The predicted molar refractivity (Wildman–Crippen MR) is 82.2 cm³/mol. The molecule has 4 nitrogen and oxygen atoms in total. The maximum absolute atomic E-state index is 11.4. The number of carbonyl (C=O) groups excluding carboxylic acids is 1. The molecule has 0 saturated heterocycles. The molecular weight excluding hydrogens is 268 g/mol. The number of carbonyl (C=O) groups is 1. The van der Waals surface area contributed by atoms with Crippen molar-refractivity contribution in [2.75, 3.05) is 7.11 Å². The van der Waals surface area contributed by atoms with Crippen molar-refractivity contribution in [3.63, 3.8) is 0 Å². The van der Waals surface area contributed by atoms with E-state index in [4.69, 9.17) is 9.47 Å². The molecule has 2 aromatic carbocycles. The van der Waals surface area contributed by atoms with E-state index in [0.29, 0.717) is 34.3 Å². The fourth-order valence-electron chi connectivity index (χ4n) is 2.52. The van der Waals surface area contributed by atoms with Crippen molar-refractivity contribution in [2.24, 2.45) is 0 Å². The lowest BCUT2D eigenvalue weighted by atomic mass is 9.98. The van der Waals surface area contributed by atoms with E-state index in [1.165, 1.54) is 14.0 Å². The number of aryl methyl sites for hydroxylation is 1. The normalized spacial score (nSPS) is 10.7. The van der Waals surface area contributed by atoms with Gasteiger partial charge in [0.2, 0.25) is 0 Å². The molecule has 0 aromatic heterocycles. The van der Waals surface area contributed by atoms with Crippen molar-refractivity contribution in [3.05, 3.63) is 29.3 Å². The smallest absolute Gasteiger partial charge is 0.308 e. The highest BCUT2D eigenvalue weighted by atomic mass is 16.6. The summed E-state index contributed by atoms with van der Waals surface area (Å²) in [5, 5.41) is 11.9. The van der Waals surface area contributed by atoms with Crippen molar-refractivity contribution in [1.82, 2.24) is 0 Å². The van der Waals surface area contributed by atoms with Gasteiger partial charge in [0.1, 0.15) is 5.75 Å². The molecule has 112 valence electrons. The lowest BCUT2D eigenvalue weighted by Crippen LogP contribution is -2.06. The van der Waals surface area contributed by atoms with Crippen LogP contribution in [0, 0.1) is 6.92 Å². The first kappa shape index (κ1) is 15.2. The van der Waals surface area contributed by atoms with Gasteiger partial charge in [-0.3, -0.25) is 4.79 Å². The Morgan fingerprint density at radius 2 is 1.95 bits per heavy atom. The molecule has 0 heterocycles. The Hall–Kier alpha value is -2.23. The molecule has 0 aliphatic carbocycles. The molecular formula is C17H20O4. The minimum atomic E-state index is -0.414. The molecule has 4 heteroatoms. The molecule has 0 aliphatic heterocycles. The van der Waals surface area contributed by atoms with Gasteiger partial charge in [-0.25, -0.2) is 0 Å². The van der Waals surface area contributed by atoms with Crippen LogP contribution in [0.15, 0.2) is 18.2 Å². The maximum atomic E-state index is 11.4. The highest BCUT2D eigenvalue weighted by Crippen LogP contribution is 2.46. The summed E-state index contributed by atoms with van der Waals surface area (Å²) in [6, 6.07) is 5.63. The Balaban J connectivity index is 2.87. The summed E-state index contributed by atoms with van der Waals surface area (Å²) in [5.74, 6) is 0.591. The van der Waals surface area contributed by atoms with Crippen molar-refractivity contribution >= 4 is 16.7 Å². The standard InChI is InChI=1S/C17H20O4/c1-5-6-13-15(19)14-9-10(2)7-8-12(14)17(16(13)20-4)21-11(3)18/h7-9,19H,5-6H2,1-4H3. The summed E-state index contributed by atoms with van der Waals surface area (Å²) >= 11 is 0. The monoisotopic (exact) mass is 288 g/mol. The van der Waals surface area contributed by atoms with Gasteiger partial charge in [0.15, 0.2) is 11.5 Å².